The van der Waals surface area contributed by atoms with Gasteiger partial charge in [-0.2, -0.15) is 5.10 Å². The van der Waals surface area contributed by atoms with Crippen LogP contribution in [0.4, 0.5) is 0 Å². The van der Waals surface area contributed by atoms with Gasteiger partial charge in [-0.1, -0.05) is 43.3 Å². The predicted octanol–water partition coefficient (Wildman–Crippen LogP) is 3.49. The zero-order valence-corrected chi connectivity index (χ0v) is 19.7. The molecule has 3 aromatic rings. The van der Waals surface area contributed by atoms with E-state index in [1.807, 2.05) is 18.7 Å². The van der Waals surface area contributed by atoms with Crippen molar-refractivity contribution in [3.05, 3.63) is 76.4 Å². The number of aromatic nitrogens is 3. The van der Waals surface area contributed by atoms with Gasteiger partial charge in [0.2, 0.25) is 5.91 Å². The fourth-order valence-corrected chi connectivity index (χ4v) is 4.13. The van der Waals surface area contributed by atoms with Crippen molar-refractivity contribution in [2.75, 3.05) is 26.4 Å². The molecule has 2 aromatic carbocycles. The number of nitrogens with zero attached hydrogens (tertiary/aromatic N) is 4. The second-order valence-corrected chi connectivity index (χ2v) is 8.43. The largest absolute Gasteiger partial charge is 0.491 e. The summed E-state index contributed by atoms with van der Waals surface area (Å²) in [4.78, 5) is 19.3. The molecule has 0 unspecified atom stereocenters. The monoisotopic (exact) mass is 448 g/mol. The zero-order chi connectivity index (χ0) is 23.2. The number of fused-ring (bicyclic) bond motifs is 3. The maximum atomic E-state index is 13.2. The first-order valence-corrected chi connectivity index (χ1v) is 11.6. The normalized spacial score (nSPS) is 14.8. The van der Waals surface area contributed by atoms with E-state index in [-0.39, 0.29) is 12.5 Å². The molecule has 4 rings (SSSR count). The van der Waals surface area contributed by atoms with Crippen molar-refractivity contribution in [3.8, 4) is 5.75 Å². The maximum Gasteiger partial charge on any atom is 0.244 e. The molecule has 0 atom stereocenters. The highest BCUT2D eigenvalue weighted by atomic mass is 16.5. The lowest BCUT2D eigenvalue weighted by molar-refractivity contribution is -0.133. The van der Waals surface area contributed by atoms with Crippen molar-refractivity contribution >= 4 is 5.91 Å². The Morgan fingerprint density at radius 1 is 1.06 bits per heavy atom. The molecule has 1 aromatic heterocycles. The summed E-state index contributed by atoms with van der Waals surface area (Å²) in [7, 11) is 0. The molecule has 2 bridgehead atoms. The third kappa shape index (κ3) is 5.99. The van der Waals surface area contributed by atoms with Crippen LogP contribution >= 0.6 is 0 Å². The van der Waals surface area contributed by atoms with Gasteiger partial charge in [-0.25, -0.2) is 9.67 Å². The van der Waals surface area contributed by atoms with Gasteiger partial charge in [0.05, 0.1) is 13.2 Å². The number of benzene rings is 2. The SMILES string of the molecule is CCc1ccc2c(c1)Cc1cccc(c1)CN(C(=O)Cn1nc(C)nc1C)CCOCCO2. The van der Waals surface area contributed by atoms with E-state index in [1.54, 1.807) is 4.68 Å². The molecule has 0 fully saturated rings. The lowest BCUT2D eigenvalue weighted by Gasteiger charge is -2.24. The Balaban J connectivity index is 1.57. The van der Waals surface area contributed by atoms with Crippen LogP contribution in [-0.2, 0) is 35.5 Å². The van der Waals surface area contributed by atoms with Gasteiger partial charge in [-0.3, -0.25) is 4.79 Å². The molecular weight excluding hydrogens is 416 g/mol. The predicted molar refractivity (Wildman–Crippen MR) is 126 cm³/mol. The minimum Gasteiger partial charge on any atom is -0.491 e. The van der Waals surface area contributed by atoms with E-state index in [2.05, 4.69) is 59.5 Å². The molecule has 1 aliphatic rings. The summed E-state index contributed by atoms with van der Waals surface area (Å²) >= 11 is 0. The Bertz CT molecular complexity index is 1110. The summed E-state index contributed by atoms with van der Waals surface area (Å²) in [5.41, 5.74) is 4.77. The highest BCUT2D eigenvalue weighted by Crippen LogP contribution is 2.25. The van der Waals surface area contributed by atoms with E-state index in [4.69, 9.17) is 9.47 Å². The number of ether oxygens (including phenoxy) is 2. The molecule has 1 aliphatic heterocycles. The van der Waals surface area contributed by atoms with Crippen molar-refractivity contribution in [3.63, 3.8) is 0 Å². The second kappa shape index (κ2) is 10.6. The van der Waals surface area contributed by atoms with Crippen LogP contribution in [0.5, 0.6) is 5.75 Å². The molecule has 2 heterocycles. The molecule has 0 saturated carbocycles. The third-order valence-corrected chi connectivity index (χ3v) is 5.88. The van der Waals surface area contributed by atoms with Gasteiger partial charge in [0.15, 0.2) is 0 Å². The van der Waals surface area contributed by atoms with E-state index >= 15 is 0 Å². The van der Waals surface area contributed by atoms with Crippen molar-refractivity contribution < 1.29 is 14.3 Å². The molecule has 7 nitrogen and oxygen atoms in total. The maximum absolute atomic E-state index is 13.2. The molecule has 0 saturated heterocycles. The lowest BCUT2D eigenvalue weighted by atomic mass is 9.99. The summed E-state index contributed by atoms with van der Waals surface area (Å²) in [6.45, 7) is 8.46. The number of hydrogen-bond donors (Lipinski definition) is 0. The second-order valence-electron chi connectivity index (χ2n) is 8.43. The number of carbonyl (C=O) groups is 1. The molecule has 7 heteroatoms. The Morgan fingerprint density at radius 2 is 1.91 bits per heavy atom. The zero-order valence-electron chi connectivity index (χ0n) is 19.7. The molecule has 0 spiro atoms. The van der Waals surface area contributed by atoms with Crippen molar-refractivity contribution in [2.24, 2.45) is 0 Å². The first-order valence-electron chi connectivity index (χ1n) is 11.6. The smallest absolute Gasteiger partial charge is 0.244 e. The van der Waals surface area contributed by atoms with Crippen molar-refractivity contribution in [1.29, 1.82) is 0 Å². The van der Waals surface area contributed by atoms with E-state index in [0.29, 0.717) is 38.7 Å². The van der Waals surface area contributed by atoms with Gasteiger partial charge in [-0.05, 0) is 48.6 Å². The fourth-order valence-electron chi connectivity index (χ4n) is 4.13. The van der Waals surface area contributed by atoms with Crippen LogP contribution in [0.3, 0.4) is 0 Å². The summed E-state index contributed by atoms with van der Waals surface area (Å²) in [5, 5.41) is 4.34. The van der Waals surface area contributed by atoms with Crippen LogP contribution in [0.25, 0.3) is 0 Å². The third-order valence-electron chi connectivity index (χ3n) is 5.88. The standard InChI is InChI=1S/C26H32N4O3/c1-4-21-8-9-25-24(15-21)16-22-6-5-7-23(14-22)17-29(10-11-32-12-13-33-25)26(31)18-30-20(3)27-19(2)28-30/h5-9,14-15H,4,10-13,16-18H2,1-3H3. The molecule has 0 aliphatic carbocycles. The van der Waals surface area contributed by atoms with Gasteiger partial charge in [0, 0.05) is 19.5 Å². The Kier molecular flexibility index (Phi) is 7.40. The van der Waals surface area contributed by atoms with Crippen molar-refractivity contribution in [2.45, 2.75) is 46.7 Å². The van der Waals surface area contributed by atoms with Gasteiger partial charge >= 0.3 is 0 Å². The van der Waals surface area contributed by atoms with Gasteiger partial charge in [0.25, 0.3) is 0 Å². The fraction of sp³-hybridized carbons (Fsp3) is 0.423. The number of rotatable bonds is 3. The highest BCUT2D eigenvalue weighted by Gasteiger charge is 2.18. The molecule has 33 heavy (non-hydrogen) atoms. The van der Waals surface area contributed by atoms with E-state index < -0.39 is 0 Å². The number of hydrogen-bond acceptors (Lipinski definition) is 5. The van der Waals surface area contributed by atoms with Crippen LogP contribution in [0.15, 0.2) is 42.5 Å². The first-order chi connectivity index (χ1) is 16.0. The Morgan fingerprint density at radius 3 is 2.70 bits per heavy atom. The molecule has 0 N–H and O–H groups in total. The summed E-state index contributed by atoms with van der Waals surface area (Å²) in [6.07, 6.45) is 1.77. The quantitative estimate of drug-likeness (QED) is 0.614. The first kappa shape index (κ1) is 23.0. The molecule has 1 amide bonds. The average molecular weight is 449 g/mol. The molecule has 0 radical (unpaired) electrons. The average Bonchev–Trinajstić information content (AvgIpc) is 3.12. The van der Waals surface area contributed by atoms with Crippen molar-refractivity contribution in [1.82, 2.24) is 19.7 Å². The van der Waals surface area contributed by atoms with Crippen LogP contribution in [0.2, 0.25) is 0 Å². The van der Waals surface area contributed by atoms with Crippen LogP contribution in [0, 0.1) is 13.8 Å². The number of carbonyl (C=O) groups excluding carboxylic acids is 1. The summed E-state index contributed by atoms with van der Waals surface area (Å²) in [5.74, 6) is 2.32. The molecular formula is C26H32N4O3. The van der Waals surface area contributed by atoms with Crippen LogP contribution in [0.1, 0.15) is 40.8 Å². The van der Waals surface area contributed by atoms with E-state index in [0.717, 1.165) is 30.0 Å². The van der Waals surface area contributed by atoms with Gasteiger partial charge in [0.1, 0.15) is 30.5 Å². The summed E-state index contributed by atoms with van der Waals surface area (Å²) < 4.78 is 13.5. The van der Waals surface area contributed by atoms with E-state index in [1.165, 1.54) is 16.7 Å². The number of aryl methyl sites for hydroxylation is 3. The minimum atomic E-state index is -0.00159. The highest BCUT2D eigenvalue weighted by molar-refractivity contribution is 5.76. The Labute approximate surface area is 195 Å². The minimum absolute atomic E-state index is 0.00159. The van der Waals surface area contributed by atoms with E-state index in [9.17, 15) is 4.79 Å². The summed E-state index contributed by atoms with van der Waals surface area (Å²) in [6, 6.07) is 14.9. The lowest BCUT2D eigenvalue weighted by Crippen LogP contribution is -2.36. The van der Waals surface area contributed by atoms with Crippen LogP contribution < -0.4 is 4.74 Å². The van der Waals surface area contributed by atoms with Crippen LogP contribution in [-0.4, -0.2) is 51.9 Å². The van der Waals surface area contributed by atoms with Gasteiger partial charge in [-0.15, -0.1) is 0 Å². The number of amides is 1. The van der Waals surface area contributed by atoms with Gasteiger partial charge < -0.3 is 14.4 Å². The Hall–Kier alpha value is -3.19. The molecule has 174 valence electrons. The topological polar surface area (TPSA) is 69.5 Å².